The van der Waals surface area contributed by atoms with Crippen LogP contribution in [0.3, 0.4) is 0 Å². The third kappa shape index (κ3) is 2.78. The zero-order chi connectivity index (χ0) is 15.8. The lowest BCUT2D eigenvalue weighted by atomic mass is 10.0. The summed E-state index contributed by atoms with van der Waals surface area (Å²) in [4.78, 5) is 22.1. The minimum atomic E-state index is 0.205. The smallest absolute Gasteiger partial charge is 0.226 e. The van der Waals surface area contributed by atoms with Crippen LogP contribution in [0.5, 0.6) is 0 Å². The molecule has 4 atom stereocenters. The first-order valence-electron chi connectivity index (χ1n) is 9.24. The number of likely N-dealkylation sites (N-methyl/N-ethyl adjacent to an activating group) is 1. The predicted molar refractivity (Wildman–Crippen MR) is 90.1 cm³/mol. The van der Waals surface area contributed by atoms with Crippen molar-refractivity contribution in [2.45, 2.75) is 57.0 Å². The first kappa shape index (κ1) is 15.1. The minimum absolute atomic E-state index is 0.205. The molecule has 0 bridgehead atoms. The van der Waals surface area contributed by atoms with Crippen molar-refractivity contribution in [3.8, 4) is 0 Å². The van der Waals surface area contributed by atoms with Gasteiger partial charge in [0.1, 0.15) is 0 Å². The van der Waals surface area contributed by atoms with Crippen LogP contribution in [0.25, 0.3) is 0 Å². The highest BCUT2D eigenvalue weighted by Crippen LogP contribution is 2.49. The minimum Gasteiger partial charge on any atom is -0.338 e. The molecule has 4 nitrogen and oxygen atoms in total. The summed E-state index contributed by atoms with van der Waals surface area (Å²) >= 11 is 0. The monoisotopic (exact) mass is 313 g/mol. The molecule has 23 heavy (non-hydrogen) atoms. The van der Waals surface area contributed by atoms with Crippen LogP contribution in [0.15, 0.2) is 24.5 Å². The fraction of sp³-hybridized carbons (Fsp3) is 0.684. The largest absolute Gasteiger partial charge is 0.338 e. The van der Waals surface area contributed by atoms with Crippen LogP contribution in [-0.4, -0.2) is 52.4 Å². The summed E-state index contributed by atoms with van der Waals surface area (Å²) in [6.07, 6.45) is 9.66. The van der Waals surface area contributed by atoms with Crippen LogP contribution in [0, 0.1) is 5.92 Å². The van der Waals surface area contributed by atoms with Crippen molar-refractivity contribution < 1.29 is 4.79 Å². The lowest BCUT2D eigenvalue weighted by molar-refractivity contribution is -0.134. The van der Waals surface area contributed by atoms with E-state index in [9.17, 15) is 4.79 Å². The molecule has 1 saturated carbocycles. The van der Waals surface area contributed by atoms with Gasteiger partial charge in [-0.1, -0.05) is 13.0 Å². The van der Waals surface area contributed by atoms with Crippen molar-refractivity contribution in [3.63, 3.8) is 0 Å². The second kappa shape index (κ2) is 6.23. The van der Waals surface area contributed by atoms with Gasteiger partial charge in [0.15, 0.2) is 0 Å². The van der Waals surface area contributed by atoms with Gasteiger partial charge in [-0.25, -0.2) is 0 Å². The maximum atomic E-state index is 13.0. The Morgan fingerprint density at radius 1 is 1.26 bits per heavy atom. The Bertz CT molecular complexity index is 561. The van der Waals surface area contributed by atoms with Gasteiger partial charge in [0, 0.05) is 36.9 Å². The molecule has 1 amide bonds. The molecule has 1 aliphatic carbocycles. The molecule has 4 heteroatoms. The van der Waals surface area contributed by atoms with E-state index >= 15 is 0 Å². The van der Waals surface area contributed by atoms with Crippen LogP contribution in [0.2, 0.25) is 0 Å². The van der Waals surface area contributed by atoms with Gasteiger partial charge in [0.2, 0.25) is 5.91 Å². The Balaban J connectivity index is 1.44. The van der Waals surface area contributed by atoms with Crippen LogP contribution >= 0.6 is 0 Å². The van der Waals surface area contributed by atoms with Gasteiger partial charge >= 0.3 is 0 Å². The number of carbonyl (C=O) groups is 1. The van der Waals surface area contributed by atoms with E-state index in [2.05, 4.69) is 27.8 Å². The molecule has 2 aliphatic heterocycles. The average Bonchev–Trinajstić information content (AvgIpc) is 3.02. The molecule has 1 aromatic rings. The highest BCUT2D eigenvalue weighted by Gasteiger charge is 2.49. The van der Waals surface area contributed by atoms with Gasteiger partial charge in [-0.2, -0.15) is 0 Å². The second-order valence-electron chi connectivity index (χ2n) is 7.31. The van der Waals surface area contributed by atoms with E-state index in [1.54, 1.807) is 6.20 Å². The summed E-state index contributed by atoms with van der Waals surface area (Å²) in [6, 6.07) is 5.15. The Labute approximate surface area is 138 Å². The van der Waals surface area contributed by atoms with Crippen molar-refractivity contribution in [2.75, 3.05) is 19.6 Å². The standard InChI is InChI=1S/C19H27N3O/c1-2-21-10-4-7-17(21)18-8-5-11-22(18)19(23)16-12-15(16)14-6-3-9-20-13-14/h3,6,9,13,15-18H,2,4-5,7-8,10-12H2,1H3/t15-,16-,17+,18-/m0/s1. The van der Waals surface area contributed by atoms with Crippen LogP contribution in [0.1, 0.15) is 50.5 Å². The number of amides is 1. The number of aromatic nitrogens is 1. The fourth-order valence-corrected chi connectivity index (χ4v) is 4.79. The lowest BCUT2D eigenvalue weighted by Crippen LogP contribution is -2.48. The summed E-state index contributed by atoms with van der Waals surface area (Å²) in [5, 5.41) is 0. The fourth-order valence-electron chi connectivity index (χ4n) is 4.79. The quantitative estimate of drug-likeness (QED) is 0.857. The van der Waals surface area contributed by atoms with Crippen molar-refractivity contribution in [2.24, 2.45) is 5.92 Å². The third-order valence-corrected chi connectivity index (χ3v) is 6.07. The molecule has 0 radical (unpaired) electrons. The molecule has 3 heterocycles. The van der Waals surface area contributed by atoms with E-state index in [4.69, 9.17) is 0 Å². The molecule has 1 aromatic heterocycles. The summed E-state index contributed by atoms with van der Waals surface area (Å²) in [5.41, 5.74) is 1.23. The molecule has 3 aliphatic rings. The second-order valence-corrected chi connectivity index (χ2v) is 7.31. The number of rotatable bonds is 4. The molecule has 0 aromatic carbocycles. The Morgan fingerprint density at radius 3 is 2.87 bits per heavy atom. The van der Waals surface area contributed by atoms with Crippen molar-refractivity contribution in [1.82, 2.24) is 14.8 Å². The van der Waals surface area contributed by atoms with E-state index in [1.807, 2.05) is 12.3 Å². The topological polar surface area (TPSA) is 36.4 Å². The van der Waals surface area contributed by atoms with Gasteiger partial charge in [-0.15, -0.1) is 0 Å². The molecule has 0 unspecified atom stereocenters. The van der Waals surface area contributed by atoms with E-state index in [-0.39, 0.29) is 5.92 Å². The Kier molecular flexibility index (Phi) is 4.10. The first-order valence-corrected chi connectivity index (χ1v) is 9.24. The molecular formula is C19H27N3O. The van der Waals surface area contributed by atoms with Gasteiger partial charge in [0.05, 0.1) is 0 Å². The normalized spacial score (nSPS) is 34.0. The third-order valence-electron chi connectivity index (χ3n) is 6.07. The van der Waals surface area contributed by atoms with E-state index in [0.717, 1.165) is 19.5 Å². The van der Waals surface area contributed by atoms with E-state index in [1.165, 1.54) is 37.8 Å². The van der Waals surface area contributed by atoms with Crippen LogP contribution in [0.4, 0.5) is 0 Å². The molecule has 2 saturated heterocycles. The summed E-state index contributed by atoms with van der Waals surface area (Å²) in [6.45, 7) is 5.54. The number of carbonyl (C=O) groups excluding carboxylic acids is 1. The molecular weight excluding hydrogens is 286 g/mol. The van der Waals surface area contributed by atoms with Crippen molar-refractivity contribution >= 4 is 5.91 Å². The molecule has 4 rings (SSSR count). The van der Waals surface area contributed by atoms with Gasteiger partial charge in [-0.3, -0.25) is 14.7 Å². The molecule has 0 N–H and O–H groups in total. The van der Waals surface area contributed by atoms with E-state index in [0.29, 0.717) is 23.9 Å². The van der Waals surface area contributed by atoms with Gasteiger partial charge < -0.3 is 4.90 Å². The predicted octanol–water partition coefficient (Wildman–Crippen LogP) is 2.66. The number of pyridine rings is 1. The summed E-state index contributed by atoms with van der Waals surface area (Å²) in [7, 11) is 0. The highest BCUT2D eigenvalue weighted by atomic mass is 16.2. The number of hydrogen-bond donors (Lipinski definition) is 0. The summed E-state index contributed by atoms with van der Waals surface area (Å²) < 4.78 is 0. The van der Waals surface area contributed by atoms with E-state index < -0.39 is 0 Å². The van der Waals surface area contributed by atoms with Crippen molar-refractivity contribution in [3.05, 3.63) is 30.1 Å². The zero-order valence-corrected chi connectivity index (χ0v) is 14.0. The molecule has 124 valence electrons. The maximum absolute atomic E-state index is 13.0. The first-order chi connectivity index (χ1) is 11.3. The Morgan fingerprint density at radius 2 is 2.09 bits per heavy atom. The average molecular weight is 313 g/mol. The SMILES string of the molecule is CCN1CCC[C@@H]1[C@@H]1CCCN1C(=O)[C@H]1C[C@H]1c1cccnc1. The van der Waals surface area contributed by atoms with Gasteiger partial charge in [0.25, 0.3) is 0 Å². The van der Waals surface area contributed by atoms with Crippen LogP contribution < -0.4 is 0 Å². The number of hydrogen-bond acceptors (Lipinski definition) is 3. The number of likely N-dealkylation sites (tertiary alicyclic amines) is 2. The molecule has 3 fully saturated rings. The number of nitrogens with zero attached hydrogens (tertiary/aromatic N) is 3. The zero-order valence-electron chi connectivity index (χ0n) is 14.0. The highest BCUT2D eigenvalue weighted by molar-refractivity contribution is 5.83. The van der Waals surface area contributed by atoms with Gasteiger partial charge in [-0.05, 0) is 62.7 Å². The van der Waals surface area contributed by atoms with Crippen LogP contribution in [-0.2, 0) is 4.79 Å². The summed E-state index contributed by atoms with van der Waals surface area (Å²) in [5.74, 6) is 1.02. The molecule has 0 spiro atoms. The Hall–Kier alpha value is -1.42. The lowest BCUT2D eigenvalue weighted by Gasteiger charge is -2.34. The van der Waals surface area contributed by atoms with Crippen molar-refractivity contribution in [1.29, 1.82) is 0 Å². The maximum Gasteiger partial charge on any atom is 0.226 e.